The molecule has 1 aromatic rings. The molecule has 0 radical (unpaired) electrons. The lowest BCUT2D eigenvalue weighted by molar-refractivity contribution is 0.149. The second-order valence-corrected chi connectivity index (χ2v) is 4.71. The summed E-state index contributed by atoms with van der Waals surface area (Å²) in [5.41, 5.74) is 1.43. The summed E-state index contributed by atoms with van der Waals surface area (Å²) in [4.78, 5) is 2.58. The number of likely N-dealkylation sites (tertiary alicyclic amines) is 1. The zero-order chi connectivity index (χ0) is 11.4. The largest absolute Gasteiger partial charge is 0.316 e. The average Bonchev–Trinajstić information content (AvgIpc) is 2.39. The first-order valence-electron chi connectivity index (χ1n) is 6.27. The summed E-state index contributed by atoms with van der Waals surface area (Å²) in [6, 6.07) is 12.0. The van der Waals surface area contributed by atoms with Gasteiger partial charge in [-0.05, 0) is 38.9 Å². The quantitative estimate of drug-likeness (QED) is 0.893. The van der Waals surface area contributed by atoms with Crippen LogP contribution in [0.2, 0.25) is 0 Å². The molecular weight excluding hydrogens is 232 g/mol. The van der Waals surface area contributed by atoms with Crippen LogP contribution in [0, 0.1) is 0 Å². The standard InChI is InChI=1S/C14H22N2.ClH/c1-12(13-7-4-3-5-8-13)16-10-6-9-14(11-16)15-2;/h3-5,7-8,12,14-15H,6,9-11H2,1-2H3;1H. The predicted molar refractivity (Wildman–Crippen MR) is 75.8 cm³/mol. The zero-order valence-electron chi connectivity index (χ0n) is 10.7. The minimum absolute atomic E-state index is 0. The fourth-order valence-corrected chi connectivity index (χ4v) is 2.54. The number of halogens is 1. The van der Waals surface area contributed by atoms with Crippen LogP contribution in [-0.4, -0.2) is 31.1 Å². The summed E-state index contributed by atoms with van der Waals surface area (Å²) < 4.78 is 0. The van der Waals surface area contributed by atoms with Crippen molar-refractivity contribution in [3.63, 3.8) is 0 Å². The van der Waals surface area contributed by atoms with E-state index in [1.165, 1.54) is 31.5 Å². The molecule has 0 spiro atoms. The van der Waals surface area contributed by atoms with Crippen LogP contribution in [0.3, 0.4) is 0 Å². The van der Waals surface area contributed by atoms with Gasteiger partial charge in [-0.3, -0.25) is 4.90 Å². The second-order valence-electron chi connectivity index (χ2n) is 4.71. The van der Waals surface area contributed by atoms with Crippen molar-refractivity contribution in [2.45, 2.75) is 31.8 Å². The van der Waals surface area contributed by atoms with Crippen molar-refractivity contribution in [3.8, 4) is 0 Å². The maximum absolute atomic E-state index is 3.40. The summed E-state index contributed by atoms with van der Waals surface area (Å²) >= 11 is 0. The molecular formula is C14H23ClN2. The highest BCUT2D eigenvalue weighted by molar-refractivity contribution is 5.85. The Bertz CT molecular complexity index is 315. The molecule has 0 bridgehead atoms. The fraction of sp³-hybridized carbons (Fsp3) is 0.571. The van der Waals surface area contributed by atoms with Gasteiger partial charge in [0.05, 0.1) is 0 Å². The van der Waals surface area contributed by atoms with Crippen molar-refractivity contribution in [2.24, 2.45) is 0 Å². The van der Waals surface area contributed by atoms with Gasteiger partial charge in [-0.25, -0.2) is 0 Å². The second kappa shape index (κ2) is 7.00. The number of rotatable bonds is 3. The molecule has 1 N–H and O–H groups in total. The van der Waals surface area contributed by atoms with Crippen LogP contribution < -0.4 is 5.32 Å². The molecule has 1 heterocycles. The van der Waals surface area contributed by atoms with Gasteiger partial charge in [0.25, 0.3) is 0 Å². The van der Waals surface area contributed by atoms with E-state index < -0.39 is 0 Å². The third-order valence-corrected chi connectivity index (χ3v) is 3.69. The Morgan fingerprint density at radius 3 is 2.65 bits per heavy atom. The smallest absolute Gasteiger partial charge is 0.0320 e. The third-order valence-electron chi connectivity index (χ3n) is 3.69. The molecule has 1 fully saturated rings. The molecule has 2 unspecified atom stereocenters. The van der Waals surface area contributed by atoms with Gasteiger partial charge < -0.3 is 5.32 Å². The molecule has 1 aliphatic rings. The predicted octanol–water partition coefficient (Wildman–Crippen LogP) is 2.85. The Hall–Kier alpha value is -0.570. The van der Waals surface area contributed by atoms with Crippen molar-refractivity contribution in [1.29, 1.82) is 0 Å². The highest BCUT2D eigenvalue weighted by atomic mass is 35.5. The van der Waals surface area contributed by atoms with E-state index in [0.717, 1.165) is 0 Å². The molecule has 17 heavy (non-hydrogen) atoms. The minimum Gasteiger partial charge on any atom is -0.316 e. The maximum atomic E-state index is 3.40. The number of nitrogens with one attached hydrogen (secondary N) is 1. The molecule has 2 nitrogen and oxygen atoms in total. The topological polar surface area (TPSA) is 15.3 Å². The normalized spacial score (nSPS) is 22.8. The van der Waals surface area contributed by atoms with Crippen LogP contribution in [0.5, 0.6) is 0 Å². The van der Waals surface area contributed by atoms with Crippen LogP contribution in [0.15, 0.2) is 30.3 Å². The number of benzene rings is 1. The molecule has 0 aromatic heterocycles. The summed E-state index contributed by atoms with van der Waals surface area (Å²) in [6.07, 6.45) is 2.62. The highest BCUT2D eigenvalue weighted by Gasteiger charge is 2.22. The van der Waals surface area contributed by atoms with E-state index in [0.29, 0.717) is 12.1 Å². The van der Waals surface area contributed by atoms with Crippen LogP contribution in [0.25, 0.3) is 0 Å². The van der Waals surface area contributed by atoms with Gasteiger partial charge in [-0.1, -0.05) is 30.3 Å². The van der Waals surface area contributed by atoms with Gasteiger partial charge in [0.1, 0.15) is 0 Å². The Kier molecular flexibility index (Phi) is 5.96. The van der Waals surface area contributed by atoms with E-state index in [1.54, 1.807) is 0 Å². The van der Waals surface area contributed by atoms with E-state index in [4.69, 9.17) is 0 Å². The van der Waals surface area contributed by atoms with Crippen molar-refractivity contribution in [1.82, 2.24) is 10.2 Å². The highest BCUT2D eigenvalue weighted by Crippen LogP contribution is 2.23. The number of piperidine rings is 1. The molecule has 3 heteroatoms. The summed E-state index contributed by atoms with van der Waals surface area (Å²) in [7, 11) is 2.07. The fourth-order valence-electron chi connectivity index (χ4n) is 2.54. The van der Waals surface area contributed by atoms with Crippen molar-refractivity contribution in [2.75, 3.05) is 20.1 Å². The van der Waals surface area contributed by atoms with E-state index in [-0.39, 0.29) is 12.4 Å². The lowest BCUT2D eigenvalue weighted by atomic mass is 10.0. The summed E-state index contributed by atoms with van der Waals surface area (Å²) in [5.74, 6) is 0. The van der Waals surface area contributed by atoms with E-state index in [9.17, 15) is 0 Å². The number of hydrogen-bond donors (Lipinski definition) is 1. The molecule has 1 aromatic carbocycles. The maximum Gasteiger partial charge on any atom is 0.0320 e. The molecule has 1 saturated heterocycles. The third kappa shape index (κ3) is 3.70. The summed E-state index contributed by atoms with van der Waals surface area (Å²) in [6.45, 7) is 4.72. The summed E-state index contributed by atoms with van der Waals surface area (Å²) in [5, 5.41) is 3.40. The molecule has 96 valence electrons. The SMILES string of the molecule is CNC1CCCN(C(C)c2ccccc2)C1.Cl. The van der Waals surface area contributed by atoms with Gasteiger partial charge >= 0.3 is 0 Å². The van der Waals surface area contributed by atoms with Gasteiger partial charge in [0.15, 0.2) is 0 Å². The van der Waals surface area contributed by atoms with Crippen LogP contribution in [0.4, 0.5) is 0 Å². The van der Waals surface area contributed by atoms with Crippen LogP contribution >= 0.6 is 12.4 Å². The molecule has 0 saturated carbocycles. The van der Waals surface area contributed by atoms with Gasteiger partial charge in [-0.15, -0.1) is 12.4 Å². The van der Waals surface area contributed by atoms with Crippen LogP contribution in [-0.2, 0) is 0 Å². The van der Waals surface area contributed by atoms with Gasteiger partial charge in [0, 0.05) is 18.6 Å². The molecule has 0 aliphatic carbocycles. The zero-order valence-corrected chi connectivity index (χ0v) is 11.5. The van der Waals surface area contributed by atoms with Crippen molar-refractivity contribution in [3.05, 3.63) is 35.9 Å². The number of likely N-dealkylation sites (N-methyl/N-ethyl adjacent to an activating group) is 1. The van der Waals surface area contributed by atoms with Gasteiger partial charge in [0.2, 0.25) is 0 Å². The molecule has 2 rings (SSSR count). The Balaban J connectivity index is 0.00000144. The molecule has 2 atom stereocenters. The number of nitrogens with zero attached hydrogens (tertiary/aromatic N) is 1. The van der Waals surface area contributed by atoms with Crippen molar-refractivity contribution < 1.29 is 0 Å². The number of hydrogen-bond acceptors (Lipinski definition) is 2. The van der Waals surface area contributed by atoms with Gasteiger partial charge in [-0.2, -0.15) is 0 Å². The first kappa shape index (κ1) is 14.5. The molecule has 1 aliphatic heterocycles. The Morgan fingerprint density at radius 1 is 1.29 bits per heavy atom. The Labute approximate surface area is 111 Å². The monoisotopic (exact) mass is 254 g/mol. The first-order chi connectivity index (χ1) is 7.81. The lowest BCUT2D eigenvalue weighted by Gasteiger charge is -2.36. The first-order valence-corrected chi connectivity index (χ1v) is 6.27. The average molecular weight is 255 g/mol. The molecule has 0 amide bonds. The van der Waals surface area contributed by atoms with E-state index >= 15 is 0 Å². The van der Waals surface area contributed by atoms with Crippen molar-refractivity contribution >= 4 is 12.4 Å². The van der Waals surface area contributed by atoms with Crippen LogP contribution in [0.1, 0.15) is 31.4 Å². The van der Waals surface area contributed by atoms with E-state index in [2.05, 4.69) is 54.5 Å². The minimum atomic E-state index is 0. The Morgan fingerprint density at radius 2 is 2.00 bits per heavy atom. The van der Waals surface area contributed by atoms with E-state index in [1.807, 2.05) is 0 Å². The lowest BCUT2D eigenvalue weighted by Crippen LogP contribution is -2.45.